The number of hydrogen-bond acceptors (Lipinski definition) is 3. The zero-order valence-corrected chi connectivity index (χ0v) is 14.8. The molecule has 0 saturated carbocycles. The van der Waals surface area contributed by atoms with E-state index in [0.717, 1.165) is 24.6 Å². The maximum Gasteiger partial charge on any atom is 0.340 e. The number of aromatic nitrogens is 1. The smallest absolute Gasteiger partial charge is 0.323 e. The second-order valence-corrected chi connectivity index (χ2v) is 6.90. The number of amides is 2. The van der Waals surface area contributed by atoms with E-state index in [4.69, 9.17) is 0 Å². The van der Waals surface area contributed by atoms with Gasteiger partial charge in [0.05, 0.1) is 6.04 Å². The van der Waals surface area contributed by atoms with Crippen LogP contribution in [0.4, 0.5) is 13.6 Å². The zero-order valence-electron chi connectivity index (χ0n) is 14.8. The largest absolute Gasteiger partial charge is 0.340 e. The quantitative estimate of drug-likeness (QED) is 0.799. The number of piperidine rings is 1. The Morgan fingerprint density at radius 2 is 1.81 bits per heavy atom. The van der Waals surface area contributed by atoms with E-state index < -0.39 is 17.7 Å². The molecule has 3 heterocycles. The molecule has 1 fully saturated rings. The number of nitrogens with zero attached hydrogens (tertiary/aromatic N) is 4. The summed E-state index contributed by atoms with van der Waals surface area (Å²) in [5, 5.41) is 5.51. The van der Waals surface area contributed by atoms with Gasteiger partial charge in [0.15, 0.2) is 0 Å². The number of hydrogen-bond donors (Lipinski definition) is 0. The van der Waals surface area contributed by atoms with Crippen molar-refractivity contribution in [1.82, 2.24) is 14.9 Å². The second-order valence-electron chi connectivity index (χ2n) is 6.90. The number of carbonyl (C=O) groups excluding carboxylic acids is 1. The first-order valence-corrected chi connectivity index (χ1v) is 9.09. The Kier molecular flexibility index (Phi) is 4.83. The first-order chi connectivity index (χ1) is 13.1. The Morgan fingerprint density at radius 1 is 1.07 bits per heavy atom. The maximum absolute atomic E-state index is 13.6. The van der Waals surface area contributed by atoms with Gasteiger partial charge in [0.1, 0.15) is 11.6 Å². The van der Waals surface area contributed by atoms with Crippen molar-refractivity contribution in [2.24, 2.45) is 5.10 Å². The van der Waals surface area contributed by atoms with Crippen LogP contribution in [0.25, 0.3) is 0 Å². The van der Waals surface area contributed by atoms with Crippen LogP contribution in [0.3, 0.4) is 0 Å². The SMILES string of the molecule is O=C(N1CCC(c2ccccn2)CC1)N1N=CC[C@H]1c1cc(F)cc(F)c1. The molecule has 1 atom stereocenters. The van der Waals surface area contributed by atoms with Gasteiger partial charge in [-0.2, -0.15) is 5.10 Å². The van der Waals surface area contributed by atoms with Gasteiger partial charge in [0.2, 0.25) is 0 Å². The minimum Gasteiger partial charge on any atom is -0.323 e. The average molecular weight is 370 g/mol. The summed E-state index contributed by atoms with van der Waals surface area (Å²) in [6.45, 7) is 1.21. The third-order valence-corrected chi connectivity index (χ3v) is 5.17. The Balaban J connectivity index is 1.44. The Labute approximate surface area is 156 Å². The predicted octanol–water partition coefficient (Wildman–Crippen LogP) is 4.09. The van der Waals surface area contributed by atoms with Gasteiger partial charge >= 0.3 is 6.03 Å². The van der Waals surface area contributed by atoms with Crippen LogP contribution < -0.4 is 0 Å². The highest BCUT2D eigenvalue weighted by Crippen LogP contribution is 2.32. The van der Waals surface area contributed by atoms with E-state index in [-0.39, 0.29) is 6.03 Å². The number of likely N-dealkylation sites (tertiary alicyclic amines) is 1. The fourth-order valence-electron chi connectivity index (χ4n) is 3.77. The van der Waals surface area contributed by atoms with Crippen LogP contribution in [0.5, 0.6) is 0 Å². The van der Waals surface area contributed by atoms with Crippen LogP contribution in [0, 0.1) is 11.6 Å². The van der Waals surface area contributed by atoms with Gasteiger partial charge in [-0.3, -0.25) is 4.98 Å². The predicted molar refractivity (Wildman–Crippen MR) is 97.2 cm³/mol. The lowest BCUT2D eigenvalue weighted by atomic mass is 9.93. The van der Waals surface area contributed by atoms with E-state index in [0.29, 0.717) is 31.0 Å². The Morgan fingerprint density at radius 3 is 2.48 bits per heavy atom. The summed E-state index contributed by atoms with van der Waals surface area (Å²) in [4.78, 5) is 19.1. The molecule has 1 aromatic heterocycles. The number of carbonyl (C=O) groups is 1. The monoisotopic (exact) mass is 370 g/mol. The molecule has 1 aromatic carbocycles. The molecule has 0 spiro atoms. The Bertz CT molecular complexity index is 830. The van der Waals surface area contributed by atoms with Crippen LogP contribution in [-0.2, 0) is 0 Å². The first kappa shape index (κ1) is 17.6. The average Bonchev–Trinajstić information content (AvgIpc) is 3.17. The molecule has 5 nitrogen and oxygen atoms in total. The van der Waals surface area contributed by atoms with Crippen molar-refractivity contribution in [1.29, 1.82) is 0 Å². The molecule has 0 aliphatic carbocycles. The molecule has 4 rings (SSSR count). The van der Waals surface area contributed by atoms with Crippen molar-refractivity contribution >= 4 is 12.2 Å². The van der Waals surface area contributed by atoms with Crippen molar-refractivity contribution in [3.8, 4) is 0 Å². The normalized spacial score (nSPS) is 20.3. The number of hydrazone groups is 1. The molecule has 1 saturated heterocycles. The third kappa shape index (κ3) is 3.67. The molecule has 2 aromatic rings. The summed E-state index contributed by atoms with van der Waals surface area (Å²) in [5.41, 5.74) is 1.47. The molecule has 7 heteroatoms. The van der Waals surface area contributed by atoms with Crippen LogP contribution in [0.2, 0.25) is 0 Å². The molecule has 0 N–H and O–H groups in total. The van der Waals surface area contributed by atoms with Crippen LogP contribution >= 0.6 is 0 Å². The van der Waals surface area contributed by atoms with Crippen molar-refractivity contribution in [3.63, 3.8) is 0 Å². The van der Waals surface area contributed by atoms with Gasteiger partial charge in [-0.25, -0.2) is 18.6 Å². The minimum absolute atomic E-state index is 0.224. The van der Waals surface area contributed by atoms with Crippen LogP contribution in [-0.4, -0.2) is 40.2 Å². The van der Waals surface area contributed by atoms with Gasteiger partial charge < -0.3 is 4.90 Å². The van der Waals surface area contributed by atoms with Crippen LogP contribution in [0.1, 0.15) is 42.5 Å². The summed E-state index contributed by atoms with van der Waals surface area (Å²) >= 11 is 0. The van der Waals surface area contributed by atoms with Gasteiger partial charge in [-0.15, -0.1) is 0 Å². The van der Waals surface area contributed by atoms with Gasteiger partial charge in [-0.05, 0) is 42.7 Å². The van der Waals surface area contributed by atoms with E-state index >= 15 is 0 Å². The molecule has 2 aliphatic heterocycles. The lowest BCUT2D eigenvalue weighted by molar-refractivity contribution is 0.129. The van der Waals surface area contributed by atoms with Crippen molar-refractivity contribution in [3.05, 3.63) is 65.5 Å². The van der Waals surface area contributed by atoms with Crippen LogP contribution in [0.15, 0.2) is 47.7 Å². The number of benzene rings is 1. The molecule has 0 radical (unpaired) electrons. The number of rotatable bonds is 2. The second kappa shape index (κ2) is 7.42. The Hall–Kier alpha value is -2.83. The molecule has 2 amide bonds. The van der Waals surface area contributed by atoms with Crippen molar-refractivity contribution in [2.45, 2.75) is 31.2 Å². The maximum atomic E-state index is 13.6. The summed E-state index contributed by atoms with van der Waals surface area (Å²) < 4.78 is 27.1. The lowest BCUT2D eigenvalue weighted by Crippen LogP contribution is -2.44. The van der Waals surface area contributed by atoms with E-state index in [1.54, 1.807) is 17.3 Å². The molecular formula is C20H20F2N4O. The summed E-state index contributed by atoms with van der Waals surface area (Å²) in [5.74, 6) is -0.966. The fraction of sp³-hybridized carbons (Fsp3) is 0.350. The summed E-state index contributed by atoms with van der Waals surface area (Å²) in [6.07, 6.45) is 5.51. The molecule has 27 heavy (non-hydrogen) atoms. The van der Waals surface area contributed by atoms with Gasteiger partial charge in [0, 0.05) is 49.6 Å². The van der Waals surface area contributed by atoms with E-state index in [1.807, 2.05) is 18.2 Å². The topological polar surface area (TPSA) is 48.8 Å². The first-order valence-electron chi connectivity index (χ1n) is 9.09. The minimum atomic E-state index is -0.652. The van der Waals surface area contributed by atoms with E-state index in [9.17, 15) is 13.6 Å². The van der Waals surface area contributed by atoms with E-state index in [1.165, 1.54) is 17.1 Å². The highest BCUT2D eigenvalue weighted by Gasteiger charge is 2.34. The van der Waals surface area contributed by atoms with E-state index in [2.05, 4.69) is 10.1 Å². The zero-order chi connectivity index (χ0) is 18.8. The summed E-state index contributed by atoms with van der Waals surface area (Å²) in [7, 11) is 0. The van der Waals surface area contributed by atoms with Gasteiger partial charge in [-0.1, -0.05) is 6.07 Å². The number of pyridine rings is 1. The molecular weight excluding hydrogens is 350 g/mol. The number of urea groups is 1. The summed E-state index contributed by atoms with van der Waals surface area (Å²) in [6, 6.07) is 8.53. The standard InChI is InChI=1S/C20H20F2N4O/c21-16-11-15(12-17(22)13-16)19-4-8-24-26(19)20(27)25-9-5-14(6-10-25)18-3-1-2-7-23-18/h1-3,7-8,11-14,19H,4-6,9-10H2/t19-/m0/s1. The highest BCUT2D eigenvalue weighted by molar-refractivity contribution is 5.78. The molecule has 140 valence electrons. The third-order valence-electron chi connectivity index (χ3n) is 5.17. The molecule has 0 bridgehead atoms. The van der Waals surface area contributed by atoms with Gasteiger partial charge in [0.25, 0.3) is 0 Å². The fourth-order valence-corrected chi connectivity index (χ4v) is 3.77. The molecule has 2 aliphatic rings. The molecule has 0 unspecified atom stereocenters. The van der Waals surface area contributed by atoms with Crippen molar-refractivity contribution in [2.75, 3.05) is 13.1 Å². The number of halogens is 2. The van der Waals surface area contributed by atoms with Crippen molar-refractivity contribution < 1.29 is 13.6 Å². The lowest BCUT2D eigenvalue weighted by Gasteiger charge is -2.35. The highest BCUT2D eigenvalue weighted by atomic mass is 19.1.